The maximum absolute atomic E-state index is 9.09. The summed E-state index contributed by atoms with van der Waals surface area (Å²) in [5, 5.41) is 19.3. The van der Waals surface area contributed by atoms with E-state index in [9.17, 15) is 0 Å². The van der Waals surface area contributed by atoms with Crippen LogP contribution in [0.3, 0.4) is 0 Å². The van der Waals surface area contributed by atoms with Crippen LogP contribution >= 0.6 is 22.7 Å². The highest BCUT2D eigenvalue weighted by Gasteiger charge is 2.13. The topological polar surface area (TPSA) is 63.7 Å². The van der Waals surface area contributed by atoms with Gasteiger partial charge in [-0.15, -0.1) is 22.7 Å². The molecule has 0 radical (unpaired) electrons. The van der Waals surface area contributed by atoms with Crippen LogP contribution < -0.4 is 14.1 Å². The average Bonchev–Trinajstić information content (AvgIpc) is 3.38. The van der Waals surface area contributed by atoms with Crippen LogP contribution in [-0.2, 0) is 0 Å². The lowest BCUT2D eigenvalue weighted by Gasteiger charge is -2.23. The van der Waals surface area contributed by atoms with Crippen molar-refractivity contribution in [3.8, 4) is 12.1 Å². The molecule has 0 fully saturated rings. The number of aromatic nitrogens is 1. The predicted octanol–water partition coefficient (Wildman–Crippen LogP) is 5.01. The van der Waals surface area contributed by atoms with Crippen molar-refractivity contribution < 1.29 is 0 Å². The van der Waals surface area contributed by atoms with Crippen molar-refractivity contribution in [2.45, 2.75) is 6.92 Å². The minimum atomic E-state index is 0.0500. The molecule has 0 saturated carbocycles. The molecule has 0 bridgehead atoms. The van der Waals surface area contributed by atoms with E-state index in [1.165, 1.54) is 11.3 Å². The third kappa shape index (κ3) is 4.01. The number of nitrogens with zero attached hydrogens (tertiary/aromatic N) is 4. The van der Waals surface area contributed by atoms with Crippen molar-refractivity contribution in [1.82, 2.24) is 4.98 Å². The number of aryl methyl sites for hydroxylation is 1. The summed E-state index contributed by atoms with van der Waals surface area (Å²) in [6.45, 7) is 1.90. The van der Waals surface area contributed by atoms with Crippen molar-refractivity contribution in [2.75, 3.05) is 4.90 Å². The van der Waals surface area contributed by atoms with Gasteiger partial charge in [0.05, 0.1) is 10.2 Å². The summed E-state index contributed by atoms with van der Waals surface area (Å²) in [5.41, 5.74) is 3.05. The lowest BCUT2D eigenvalue weighted by Crippen LogP contribution is -2.07. The zero-order valence-electron chi connectivity index (χ0n) is 16.1. The average molecular weight is 425 g/mol. The Balaban J connectivity index is 1.78. The van der Waals surface area contributed by atoms with E-state index in [4.69, 9.17) is 10.5 Å². The third-order valence-corrected chi connectivity index (χ3v) is 6.54. The van der Waals surface area contributed by atoms with Gasteiger partial charge >= 0.3 is 0 Å². The van der Waals surface area contributed by atoms with Crippen LogP contribution in [0.25, 0.3) is 11.6 Å². The van der Waals surface area contributed by atoms with Crippen molar-refractivity contribution in [3.05, 3.63) is 92.6 Å². The summed E-state index contributed by atoms with van der Waals surface area (Å²) >= 11 is 3.04. The fourth-order valence-electron chi connectivity index (χ4n) is 3.00. The fourth-order valence-corrected chi connectivity index (χ4v) is 5.03. The molecule has 0 N–H and O–H groups in total. The van der Waals surface area contributed by atoms with Gasteiger partial charge in [-0.05, 0) is 49.4 Å². The minimum absolute atomic E-state index is 0.0500. The molecule has 4 rings (SSSR count). The van der Waals surface area contributed by atoms with Crippen molar-refractivity contribution in [1.29, 1.82) is 10.5 Å². The van der Waals surface area contributed by atoms with Crippen LogP contribution in [-0.4, -0.2) is 4.98 Å². The van der Waals surface area contributed by atoms with Crippen LogP contribution in [0, 0.1) is 29.6 Å². The van der Waals surface area contributed by atoms with E-state index in [0.29, 0.717) is 4.66 Å². The van der Waals surface area contributed by atoms with Gasteiger partial charge in [0.15, 0.2) is 5.57 Å². The fraction of sp³-hybridized carbons (Fsp3) is 0.0417. The Kier molecular flexibility index (Phi) is 5.72. The second-order valence-electron chi connectivity index (χ2n) is 6.39. The molecular formula is C24H16N4S2. The number of anilines is 3. The number of benzene rings is 2. The molecule has 4 aromatic rings. The van der Waals surface area contributed by atoms with Crippen LogP contribution in [0.5, 0.6) is 0 Å². The number of para-hydroxylation sites is 2. The quantitative estimate of drug-likeness (QED) is 0.462. The summed E-state index contributed by atoms with van der Waals surface area (Å²) in [6, 6.07) is 28.6. The number of thiophene rings is 1. The van der Waals surface area contributed by atoms with Crippen molar-refractivity contribution in [2.24, 2.45) is 0 Å². The maximum Gasteiger partial charge on any atom is 0.165 e. The van der Waals surface area contributed by atoms with Crippen LogP contribution in [0.15, 0.2) is 72.8 Å². The third-order valence-electron chi connectivity index (χ3n) is 4.41. The zero-order valence-corrected chi connectivity index (χ0v) is 17.7. The Hall–Kier alpha value is -3.71. The number of rotatable bonds is 4. The minimum Gasteiger partial charge on any atom is -0.302 e. The van der Waals surface area contributed by atoms with Gasteiger partial charge in [0.1, 0.15) is 21.8 Å². The molecule has 0 amide bonds. The highest BCUT2D eigenvalue weighted by atomic mass is 32.1. The van der Waals surface area contributed by atoms with Gasteiger partial charge < -0.3 is 4.90 Å². The maximum atomic E-state index is 9.09. The molecule has 144 valence electrons. The SMILES string of the molecule is Cc1nc(=C(C#N)C#N)s/c1=C\c1ccc(N(c2ccccc2)c2ccccc2)s1. The molecule has 0 atom stereocenters. The van der Waals surface area contributed by atoms with E-state index in [0.717, 1.165) is 31.5 Å². The Morgan fingerprint density at radius 2 is 1.47 bits per heavy atom. The Morgan fingerprint density at radius 3 is 2.03 bits per heavy atom. The smallest absolute Gasteiger partial charge is 0.165 e. The number of thiazole rings is 1. The molecule has 2 aromatic heterocycles. The molecule has 0 unspecified atom stereocenters. The van der Waals surface area contributed by atoms with Gasteiger partial charge in [0.2, 0.25) is 0 Å². The van der Waals surface area contributed by atoms with E-state index in [1.807, 2.05) is 55.5 Å². The molecule has 0 aliphatic rings. The number of nitriles is 2. The number of hydrogen-bond acceptors (Lipinski definition) is 6. The Labute approximate surface area is 182 Å². The Morgan fingerprint density at radius 1 is 0.867 bits per heavy atom. The molecule has 0 aliphatic carbocycles. The standard InChI is InChI=1S/C24H16N4S2/c1-17-22(30-24(27-17)18(15-25)16-26)14-21-12-13-23(29-21)28(19-8-4-2-5-9-19)20-10-6-3-7-11-20/h2-14H,1H3/b22-14-. The van der Waals surface area contributed by atoms with Gasteiger partial charge in [0.25, 0.3) is 0 Å². The normalized spacial score (nSPS) is 11.0. The van der Waals surface area contributed by atoms with E-state index < -0.39 is 0 Å². The summed E-state index contributed by atoms with van der Waals surface area (Å²) < 4.78 is 1.42. The first-order valence-electron chi connectivity index (χ1n) is 9.19. The van der Waals surface area contributed by atoms with E-state index in [-0.39, 0.29) is 5.57 Å². The first-order valence-corrected chi connectivity index (χ1v) is 10.8. The first kappa shape index (κ1) is 19.6. The zero-order chi connectivity index (χ0) is 20.9. The molecule has 2 aromatic carbocycles. The lowest BCUT2D eigenvalue weighted by atomic mass is 10.2. The lowest BCUT2D eigenvalue weighted by molar-refractivity contribution is 1.21. The molecule has 6 heteroatoms. The van der Waals surface area contributed by atoms with Gasteiger partial charge in [-0.2, -0.15) is 10.5 Å². The van der Waals surface area contributed by atoms with E-state index in [2.05, 4.69) is 52.4 Å². The van der Waals surface area contributed by atoms with Crippen LogP contribution in [0.1, 0.15) is 10.6 Å². The summed E-state index contributed by atoms with van der Waals surface area (Å²) in [5.74, 6) is 0. The monoisotopic (exact) mass is 424 g/mol. The van der Waals surface area contributed by atoms with Crippen LogP contribution in [0.4, 0.5) is 16.4 Å². The molecule has 30 heavy (non-hydrogen) atoms. The van der Waals surface area contributed by atoms with Crippen LogP contribution in [0.2, 0.25) is 0 Å². The summed E-state index contributed by atoms with van der Waals surface area (Å²) in [4.78, 5) is 7.69. The molecule has 0 aliphatic heterocycles. The predicted molar refractivity (Wildman–Crippen MR) is 123 cm³/mol. The van der Waals surface area contributed by atoms with Crippen molar-refractivity contribution >= 4 is 50.7 Å². The van der Waals surface area contributed by atoms with E-state index >= 15 is 0 Å². The van der Waals surface area contributed by atoms with Gasteiger partial charge in [-0.3, -0.25) is 0 Å². The van der Waals surface area contributed by atoms with Gasteiger partial charge in [-0.1, -0.05) is 36.4 Å². The molecule has 0 saturated heterocycles. The molecular weight excluding hydrogens is 408 g/mol. The second kappa shape index (κ2) is 8.75. The Bertz CT molecular complexity index is 1320. The van der Waals surface area contributed by atoms with Gasteiger partial charge in [-0.25, -0.2) is 4.98 Å². The highest BCUT2D eigenvalue weighted by molar-refractivity contribution is 7.17. The van der Waals surface area contributed by atoms with E-state index in [1.54, 1.807) is 11.3 Å². The van der Waals surface area contributed by atoms with Gasteiger partial charge in [0, 0.05) is 16.3 Å². The first-order chi connectivity index (χ1) is 14.7. The number of hydrogen-bond donors (Lipinski definition) is 0. The largest absolute Gasteiger partial charge is 0.302 e. The second-order valence-corrected chi connectivity index (χ2v) is 8.52. The summed E-state index contributed by atoms with van der Waals surface area (Å²) in [7, 11) is 0. The molecule has 0 spiro atoms. The van der Waals surface area contributed by atoms with Crippen molar-refractivity contribution in [3.63, 3.8) is 0 Å². The summed E-state index contributed by atoms with van der Waals surface area (Å²) in [6.07, 6.45) is 2.06. The molecule has 2 heterocycles. The highest BCUT2D eigenvalue weighted by Crippen LogP contribution is 2.38. The molecule has 4 nitrogen and oxygen atoms in total.